The van der Waals surface area contributed by atoms with Gasteiger partial charge in [0, 0.05) is 24.2 Å². The molecule has 0 unspecified atom stereocenters. The van der Waals surface area contributed by atoms with E-state index in [1.807, 2.05) is 42.5 Å². The first-order valence-corrected chi connectivity index (χ1v) is 8.28. The molecular weight excluding hydrogens is 302 g/mol. The van der Waals surface area contributed by atoms with Crippen molar-refractivity contribution in [2.45, 2.75) is 32.2 Å². The van der Waals surface area contributed by atoms with Crippen molar-refractivity contribution < 1.29 is 9.26 Å². The topological polar surface area (TPSA) is 60.2 Å². The third-order valence-corrected chi connectivity index (χ3v) is 4.22. The molecule has 2 heterocycles. The second-order valence-corrected chi connectivity index (χ2v) is 5.86. The fraction of sp³-hybridized carbons (Fsp3) is 0.263. The Balaban J connectivity index is 1.50. The Bertz CT molecular complexity index is 814. The van der Waals surface area contributed by atoms with E-state index in [4.69, 9.17) is 9.26 Å². The van der Waals surface area contributed by atoms with E-state index >= 15 is 0 Å². The largest absolute Gasteiger partial charge is 0.437 e. The molecule has 0 aliphatic heterocycles. The number of hydrogen-bond acceptors (Lipinski definition) is 5. The highest BCUT2D eigenvalue weighted by atomic mass is 16.5. The van der Waals surface area contributed by atoms with Crippen LogP contribution < -0.4 is 10.1 Å². The number of benzene rings is 1. The molecule has 2 aromatic heterocycles. The van der Waals surface area contributed by atoms with E-state index in [9.17, 15) is 0 Å². The number of ether oxygens (including phenoxy) is 1. The highest BCUT2D eigenvalue weighted by Crippen LogP contribution is 2.29. The molecule has 0 bridgehead atoms. The molecule has 0 spiro atoms. The summed E-state index contributed by atoms with van der Waals surface area (Å²) in [5.41, 5.74) is 3.19. The maximum absolute atomic E-state index is 5.87. The van der Waals surface area contributed by atoms with Crippen molar-refractivity contribution in [2.24, 2.45) is 0 Å². The Kier molecular flexibility index (Phi) is 4.14. The monoisotopic (exact) mass is 321 g/mol. The van der Waals surface area contributed by atoms with Crippen LogP contribution in [0.2, 0.25) is 0 Å². The van der Waals surface area contributed by atoms with Crippen molar-refractivity contribution in [3.8, 4) is 11.6 Å². The molecule has 0 atom stereocenters. The zero-order valence-corrected chi connectivity index (χ0v) is 13.4. The predicted octanol–water partition coefficient (Wildman–Crippen LogP) is 4.35. The van der Waals surface area contributed by atoms with Gasteiger partial charge in [0.2, 0.25) is 5.88 Å². The van der Waals surface area contributed by atoms with E-state index in [0.717, 1.165) is 35.7 Å². The molecule has 1 aliphatic carbocycles. The molecule has 4 rings (SSSR count). The van der Waals surface area contributed by atoms with Crippen LogP contribution in [0.15, 0.2) is 53.2 Å². The van der Waals surface area contributed by atoms with Gasteiger partial charge in [0.25, 0.3) is 0 Å². The number of pyridine rings is 1. The third kappa shape index (κ3) is 3.11. The van der Waals surface area contributed by atoms with Crippen LogP contribution in [0.3, 0.4) is 0 Å². The van der Waals surface area contributed by atoms with Crippen LogP contribution in [0.5, 0.6) is 11.6 Å². The standard InChI is InChI=1S/C19H19N3O2/c1-3-9-17-14(7-1)16(22-24-17)13-21-15-8-2-4-10-18(15)23-19-11-5-6-12-20-19/h2,4-6,8,10-12,21H,1,3,7,9,13H2. The minimum Gasteiger partial charge on any atom is -0.437 e. The SMILES string of the molecule is c1ccc(Oc2ccccc2NCc2noc3c2CCCC3)nc1. The van der Waals surface area contributed by atoms with Crippen molar-refractivity contribution in [1.82, 2.24) is 10.1 Å². The van der Waals surface area contributed by atoms with Crippen LogP contribution in [0, 0.1) is 0 Å². The number of nitrogens with zero attached hydrogens (tertiary/aromatic N) is 2. The Hall–Kier alpha value is -2.82. The molecule has 0 amide bonds. The minimum absolute atomic E-state index is 0.575. The highest BCUT2D eigenvalue weighted by molar-refractivity contribution is 5.57. The van der Waals surface area contributed by atoms with Crippen LogP contribution >= 0.6 is 0 Å². The molecule has 0 radical (unpaired) electrons. The summed E-state index contributed by atoms with van der Waals surface area (Å²) in [4.78, 5) is 4.21. The van der Waals surface area contributed by atoms with Crippen LogP contribution in [-0.2, 0) is 19.4 Å². The van der Waals surface area contributed by atoms with Gasteiger partial charge in [-0.2, -0.15) is 0 Å². The third-order valence-electron chi connectivity index (χ3n) is 4.22. The first-order valence-electron chi connectivity index (χ1n) is 8.28. The van der Waals surface area contributed by atoms with E-state index in [2.05, 4.69) is 15.5 Å². The molecule has 0 saturated carbocycles. The van der Waals surface area contributed by atoms with Crippen LogP contribution in [0.1, 0.15) is 29.9 Å². The van der Waals surface area contributed by atoms with Crippen molar-refractivity contribution in [3.63, 3.8) is 0 Å². The summed E-state index contributed by atoms with van der Waals surface area (Å²) in [6.45, 7) is 0.626. The first kappa shape index (κ1) is 14.8. The second kappa shape index (κ2) is 6.74. The lowest BCUT2D eigenvalue weighted by atomic mass is 9.96. The Morgan fingerprint density at radius 1 is 1.04 bits per heavy atom. The normalized spacial score (nSPS) is 13.3. The fourth-order valence-corrected chi connectivity index (χ4v) is 2.99. The van der Waals surface area contributed by atoms with E-state index in [0.29, 0.717) is 12.4 Å². The van der Waals surface area contributed by atoms with Gasteiger partial charge in [-0.15, -0.1) is 0 Å². The van der Waals surface area contributed by atoms with E-state index in [-0.39, 0.29) is 0 Å². The molecule has 1 aromatic carbocycles. The van der Waals surface area contributed by atoms with Gasteiger partial charge in [-0.3, -0.25) is 0 Å². The Labute approximate surface area is 140 Å². The highest BCUT2D eigenvalue weighted by Gasteiger charge is 2.19. The van der Waals surface area contributed by atoms with Gasteiger partial charge in [0.1, 0.15) is 11.5 Å². The van der Waals surface area contributed by atoms with Gasteiger partial charge in [-0.1, -0.05) is 23.4 Å². The molecule has 5 heteroatoms. The van der Waals surface area contributed by atoms with Gasteiger partial charge >= 0.3 is 0 Å². The quantitative estimate of drug-likeness (QED) is 0.757. The predicted molar refractivity (Wildman–Crippen MR) is 91.2 cm³/mol. The molecule has 0 saturated heterocycles. The number of aromatic nitrogens is 2. The molecular formula is C19H19N3O2. The van der Waals surface area contributed by atoms with Gasteiger partial charge < -0.3 is 14.6 Å². The van der Waals surface area contributed by atoms with Gasteiger partial charge in [0.05, 0.1) is 12.2 Å². The summed E-state index contributed by atoms with van der Waals surface area (Å²) < 4.78 is 11.3. The summed E-state index contributed by atoms with van der Waals surface area (Å²) in [6.07, 6.45) is 6.17. The summed E-state index contributed by atoms with van der Waals surface area (Å²) in [5, 5.41) is 7.65. The van der Waals surface area contributed by atoms with Crippen molar-refractivity contribution in [2.75, 3.05) is 5.32 Å². The molecule has 1 aliphatic rings. The van der Waals surface area contributed by atoms with Gasteiger partial charge in [0.15, 0.2) is 5.75 Å². The van der Waals surface area contributed by atoms with E-state index in [1.165, 1.54) is 18.4 Å². The van der Waals surface area contributed by atoms with Crippen LogP contribution in [0.4, 0.5) is 5.69 Å². The summed E-state index contributed by atoms with van der Waals surface area (Å²) in [5.74, 6) is 2.37. The van der Waals surface area contributed by atoms with Gasteiger partial charge in [-0.05, 0) is 37.5 Å². The van der Waals surface area contributed by atoms with Crippen LogP contribution in [0.25, 0.3) is 0 Å². The van der Waals surface area contributed by atoms with Crippen LogP contribution in [-0.4, -0.2) is 10.1 Å². The molecule has 24 heavy (non-hydrogen) atoms. The molecule has 5 nitrogen and oxygen atoms in total. The Morgan fingerprint density at radius 3 is 2.83 bits per heavy atom. The zero-order chi connectivity index (χ0) is 16.2. The smallest absolute Gasteiger partial charge is 0.219 e. The number of aryl methyl sites for hydroxylation is 1. The second-order valence-electron chi connectivity index (χ2n) is 5.86. The average molecular weight is 321 g/mol. The first-order chi connectivity index (χ1) is 11.9. The lowest BCUT2D eigenvalue weighted by molar-refractivity contribution is 0.368. The van der Waals surface area contributed by atoms with Gasteiger partial charge in [-0.25, -0.2) is 4.98 Å². The maximum Gasteiger partial charge on any atom is 0.219 e. The minimum atomic E-state index is 0.575. The summed E-state index contributed by atoms with van der Waals surface area (Å²) in [6, 6.07) is 13.4. The zero-order valence-electron chi connectivity index (χ0n) is 13.4. The summed E-state index contributed by atoms with van der Waals surface area (Å²) >= 11 is 0. The molecule has 1 N–H and O–H groups in total. The lowest BCUT2D eigenvalue weighted by Crippen LogP contribution is -2.06. The van der Waals surface area contributed by atoms with Crippen molar-refractivity contribution in [1.29, 1.82) is 0 Å². The number of hydrogen-bond donors (Lipinski definition) is 1. The number of fused-ring (bicyclic) bond motifs is 1. The number of nitrogens with one attached hydrogen (secondary N) is 1. The van der Waals surface area contributed by atoms with E-state index in [1.54, 1.807) is 6.20 Å². The Morgan fingerprint density at radius 2 is 1.92 bits per heavy atom. The lowest BCUT2D eigenvalue weighted by Gasteiger charge is -2.13. The summed E-state index contributed by atoms with van der Waals surface area (Å²) in [7, 11) is 0. The van der Waals surface area contributed by atoms with Crippen molar-refractivity contribution >= 4 is 5.69 Å². The fourth-order valence-electron chi connectivity index (χ4n) is 2.99. The number of para-hydroxylation sites is 2. The van der Waals surface area contributed by atoms with E-state index < -0.39 is 0 Å². The average Bonchev–Trinajstić information content (AvgIpc) is 3.05. The number of rotatable bonds is 5. The maximum atomic E-state index is 5.87. The molecule has 3 aromatic rings. The number of anilines is 1. The molecule has 0 fully saturated rings. The molecule has 122 valence electrons. The van der Waals surface area contributed by atoms with Crippen molar-refractivity contribution in [3.05, 3.63) is 65.7 Å².